The zero-order valence-corrected chi connectivity index (χ0v) is 16.4. The molecule has 0 bridgehead atoms. The maximum absolute atomic E-state index is 12.2. The van der Waals surface area contributed by atoms with Gasteiger partial charge in [-0.3, -0.25) is 4.79 Å². The van der Waals surface area contributed by atoms with Crippen LogP contribution < -0.4 is 19.8 Å². The number of ether oxygens (including phenoxy) is 2. The van der Waals surface area contributed by atoms with E-state index in [-0.39, 0.29) is 12.5 Å². The molecule has 0 saturated heterocycles. The molecule has 1 aliphatic rings. The van der Waals surface area contributed by atoms with Crippen LogP contribution in [0.3, 0.4) is 0 Å². The molecule has 0 radical (unpaired) electrons. The minimum atomic E-state index is -0.717. The quantitative estimate of drug-likeness (QED) is 0.561. The predicted molar refractivity (Wildman–Crippen MR) is 111 cm³/mol. The van der Waals surface area contributed by atoms with Crippen molar-refractivity contribution in [2.45, 2.75) is 32.8 Å². The van der Waals surface area contributed by atoms with E-state index >= 15 is 0 Å². The van der Waals surface area contributed by atoms with Crippen molar-refractivity contribution in [3.05, 3.63) is 54.1 Å². The maximum atomic E-state index is 12.2. The summed E-state index contributed by atoms with van der Waals surface area (Å²) in [5.74, 6) is 0.881. The van der Waals surface area contributed by atoms with Gasteiger partial charge in [-0.05, 0) is 42.7 Å². The third-order valence-electron chi connectivity index (χ3n) is 4.43. The molecule has 0 aromatic heterocycles. The van der Waals surface area contributed by atoms with Gasteiger partial charge in [0, 0.05) is 18.8 Å². The number of para-hydroxylation sites is 2. The molecule has 28 heavy (non-hydrogen) atoms. The molecule has 1 heterocycles. The lowest BCUT2D eigenvalue weighted by Gasteiger charge is -2.24. The number of hydrogen-bond acceptors (Lipinski definition) is 5. The Kier molecular flexibility index (Phi) is 6.89. The average molecular weight is 381 g/mol. The molecule has 6 heteroatoms. The highest BCUT2D eigenvalue weighted by Crippen LogP contribution is 2.30. The molecule has 0 spiro atoms. The van der Waals surface area contributed by atoms with E-state index in [1.54, 1.807) is 12.3 Å². The molecule has 1 amide bonds. The van der Waals surface area contributed by atoms with Crippen molar-refractivity contribution in [2.75, 3.05) is 24.6 Å². The van der Waals surface area contributed by atoms with Crippen LogP contribution in [0, 0.1) is 0 Å². The van der Waals surface area contributed by atoms with Crippen LogP contribution in [0.4, 0.5) is 5.69 Å². The van der Waals surface area contributed by atoms with E-state index in [1.807, 2.05) is 30.3 Å². The number of hydrogen-bond donors (Lipinski definition) is 1. The highest BCUT2D eigenvalue weighted by Gasteiger charge is 2.26. The Hall–Kier alpha value is -3.02. The van der Waals surface area contributed by atoms with Gasteiger partial charge >= 0.3 is 0 Å². The molecule has 0 fully saturated rings. The molecule has 6 nitrogen and oxygen atoms in total. The first-order chi connectivity index (χ1) is 13.7. The first-order valence-electron chi connectivity index (χ1n) is 9.77. The second-order valence-electron chi connectivity index (χ2n) is 6.68. The monoisotopic (exact) mass is 381 g/mol. The SMILES string of the molecule is CCCN(CCC)c1ccc(C=NNC(=O)C2COc3ccccc3O2)cc1. The lowest BCUT2D eigenvalue weighted by Crippen LogP contribution is -2.42. The number of amides is 1. The molecule has 1 atom stereocenters. The van der Waals surface area contributed by atoms with E-state index in [1.165, 1.54) is 5.69 Å². The van der Waals surface area contributed by atoms with Crippen LogP contribution in [0.15, 0.2) is 53.6 Å². The molecule has 2 aromatic carbocycles. The fourth-order valence-corrected chi connectivity index (χ4v) is 3.07. The lowest BCUT2D eigenvalue weighted by molar-refractivity contribution is -0.130. The Morgan fingerprint density at radius 1 is 1.11 bits per heavy atom. The van der Waals surface area contributed by atoms with E-state index in [0.717, 1.165) is 31.5 Å². The number of nitrogens with one attached hydrogen (secondary N) is 1. The van der Waals surface area contributed by atoms with Crippen LogP contribution in [-0.2, 0) is 4.79 Å². The smallest absolute Gasteiger partial charge is 0.284 e. The van der Waals surface area contributed by atoms with Gasteiger partial charge in [0.2, 0.25) is 6.10 Å². The van der Waals surface area contributed by atoms with Gasteiger partial charge in [-0.25, -0.2) is 5.43 Å². The van der Waals surface area contributed by atoms with Gasteiger partial charge in [-0.1, -0.05) is 38.1 Å². The third kappa shape index (κ3) is 5.03. The summed E-state index contributed by atoms with van der Waals surface area (Å²) in [6.07, 6.45) is 3.15. The Bertz CT molecular complexity index is 799. The maximum Gasteiger partial charge on any atom is 0.284 e. The van der Waals surface area contributed by atoms with Crippen molar-refractivity contribution in [2.24, 2.45) is 5.10 Å². The van der Waals surface area contributed by atoms with Gasteiger partial charge in [0.15, 0.2) is 11.5 Å². The zero-order chi connectivity index (χ0) is 19.8. The standard InChI is InChI=1S/C22H27N3O3/c1-3-13-25(14-4-2)18-11-9-17(10-12-18)15-23-24-22(26)21-16-27-19-7-5-6-8-20(19)28-21/h5-12,15,21H,3-4,13-14,16H2,1-2H3,(H,24,26). The molecule has 2 aromatic rings. The Morgan fingerprint density at radius 3 is 2.46 bits per heavy atom. The predicted octanol–water partition coefficient (Wildman–Crippen LogP) is 3.60. The van der Waals surface area contributed by atoms with E-state index < -0.39 is 6.10 Å². The zero-order valence-electron chi connectivity index (χ0n) is 16.4. The summed E-state index contributed by atoms with van der Waals surface area (Å²) in [5.41, 5.74) is 4.65. The Morgan fingerprint density at radius 2 is 1.79 bits per heavy atom. The molecular weight excluding hydrogens is 354 g/mol. The number of nitrogens with zero attached hydrogens (tertiary/aromatic N) is 2. The molecule has 1 unspecified atom stereocenters. The van der Waals surface area contributed by atoms with Gasteiger partial charge < -0.3 is 14.4 Å². The molecule has 3 rings (SSSR count). The second kappa shape index (κ2) is 9.78. The van der Waals surface area contributed by atoms with Gasteiger partial charge in [0.1, 0.15) is 6.61 Å². The van der Waals surface area contributed by atoms with Crippen LogP contribution in [-0.4, -0.2) is 37.9 Å². The average Bonchev–Trinajstić information content (AvgIpc) is 2.73. The molecular formula is C22H27N3O3. The van der Waals surface area contributed by atoms with Crippen LogP contribution in [0.25, 0.3) is 0 Å². The summed E-state index contributed by atoms with van der Waals surface area (Å²) in [7, 11) is 0. The largest absolute Gasteiger partial charge is 0.485 e. The van der Waals surface area contributed by atoms with Crippen LogP contribution in [0.5, 0.6) is 11.5 Å². The summed E-state index contributed by atoms with van der Waals surface area (Å²) >= 11 is 0. The van der Waals surface area contributed by atoms with E-state index in [2.05, 4.69) is 41.4 Å². The van der Waals surface area contributed by atoms with E-state index in [4.69, 9.17) is 9.47 Å². The van der Waals surface area contributed by atoms with Gasteiger partial charge in [-0.15, -0.1) is 0 Å². The number of hydrazone groups is 1. The number of carbonyl (C=O) groups is 1. The summed E-state index contributed by atoms with van der Waals surface area (Å²) in [4.78, 5) is 14.6. The normalized spacial score (nSPS) is 15.4. The Balaban J connectivity index is 1.54. The van der Waals surface area contributed by atoms with Crippen LogP contribution in [0.1, 0.15) is 32.3 Å². The first-order valence-corrected chi connectivity index (χ1v) is 9.77. The summed E-state index contributed by atoms with van der Waals surface area (Å²) in [6, 6.07) is 15.5. The number of fused-ring (bicyclic) bond motifs is 1. The second-order valence-corrected chi connectivity index (χ2v) is 6.68. The van der Waals surface area contributed by atoms with Crippen molar-refractivity contribution in [1.29, 1.82) is 0 Å². The minimum Gasteiger partial charge on any atom is -0.485 e. The van der Waals surface area contributed by atoms with Gasteiger partial charge in [0.25, 0.3) is 5.91 Å². The van der Waals surface area contributed by atoms with Crippen LogP contribution >= 0.6 is 0 Å². The minimum absolute atomic E-state index is 0.164. The van der Waals surface area contributed by atoms with Crippen molar-refractivity contribution < 1.29 is 14.3 Å². The lowest BCUT2D eigenvalue weighted by atomic mass is 10.2. The topological polar surface area (TPSA) is 63.2 Å². The van der Waals surface area contributed by atoms with Crippen molar-refractivity contribution in [1.82, 2.24) is 5.43 Å². The summed E-state index contributed by atoms with van der Waals surface area (Å²) in [6.45, 7) is 6.63. The van der Waals surface area contributed by atoms with Gasteiger partial charge in [0.05, 0.1) is 6.21 Å². The van der Waals surface area contributed by atoms with Crippen molar-refractivity contribution in [3.8, 4) is 11.5 Å². The third-order valence-corrected chi connectivity index (χ3v) is 4.43. The molecule has 0 aliphatic carbocycles. The van der Waals surface area contributed by atoms with E-state index in [9.17, 15) is 4.79 Å². The summed E-state index contributed by atoms with van der Waals surface area (Å²) in [5, 5.41) is 4.05. The fourth-order valence-electron chi connectivity index (χ4n) is 3.07. The van der Waals surface area contributed by atoms with E-state index in [0.29, 0.717) is 11.5 Å². The molecule has 0 saturated carbocycles. The number of rotatable bonds is 8. The number of anilines is 1. The highest BCUT2D eigenvalue weighted by molar-refractivity contribution is 5.85. The van der Waals surface area contributed by atoms with Gasteiger partial charge in [-0.2, -0.15) is 5.10 Å². The van der Waals surface area contributed by atoms with Crippen molar-refractivity contribution in [3.63, 3.8) is 0 Å². The summed E-state index contributed by atoms with van der Waals surface area (Å²) < 4.78 is 11.2. The number of benzene rings is 2. The Labute approximate surface area is 166 Å². The van der Waals surface area contributed by atoms with Crippen molar-refractivity contribution >= 4 is 17.8 Å². The highest BCUT2D eigenvalue weighted by atomic mass is 16.6. The fraction of sp³-hybridized carbons (Fsp3) is 0.364. The molecule has 1 N–H and O–H groups in total. The first kappa shape index (κ1) is 19.7. The van der Waals surface area contributed by atoms with Crippen LogP contribution in [0.2, 0.25) is 0 Å². The molecule has 1 aliphatic heterocycles. The molecule has 148 valence electrons. The number of carbonyl (C=O) groups excluding carboxylic acids is 1.